The topological polar surface area (TPSA) is 72.6 Å². The van der Waals surface area contributed by atoms with Gasteiger partial charge in [0.2, 0.25) is 11.7 Å². The number of methoxy groups -OCH3 is 1. The second kappa shape index (κ2) is 5.88. The number of benzene rings is 1. The molecule has 1 aromatic heterocycles. The summed E-state index contributed by atoms with van der Waals surface area (Å²) in [6.45, 7) is 4.33. The summed E-state index contributed by atoms with van der Waals surface area (Å²) in [5, 5.41) is 9.08. The molecule has 1 aromatic carbocycles. The number of aromatic carboxylic acids is 1. The van der Waals surface area contributed by atoms with Gasteiger partial charge in [0.1, 0.15) is 5.69 Å². The van der Waals surface area contributed by atoms with Crippen molar-refractivity contribution in [1.29, 1.82) is 0 Å². The molecule has 0 bridgehead atoms. The Balaban J connectivity index is 2.37. The third-order valence-electron chi connectivity index (χ3n) is 3.00. The molecule has 1 N–H and O–H groups in total. The van der Waals surface area contributed by atoms with Gasteiger partial charge in [-0.05, 0) is 23.6 Å². The highest BCUT2D eigenvalue weighted by atomic mass is 16.5. The molecule has 0 radical (unpaired) electrons. The SMILES string of the molecule is COCc1nc(-c2ccc(C(C)C)cc2)oc1C(=O)O. The molecule has 0 fully saturated rings. The Hall–Kier alpha value is -2.14. The number of nitrogens with zero attached hydrogens (tertiary/aromatic N) is 1. The molecule has 0 aliphatic carbocycles. The van der Waals surface area contributed by atoms with Crippen LogP contribution < -0.4 is 0 Å². The lowest BCUT2D eigenvalue weighted by atomic mass is 10.0. The Morgan fingerprint density at radius 3 is 2.50 bits per heavy atom. The number of carboxylic acid groups (broad SMARTS) is 1. The lowest BCUT2D eigenvalue weighted by Gasteiger charge is -2.04. The summed E-state index contributed by atoms with van der Waals surface area (Å²) in [5.74, 6) is -0.582. The molecule has 0 unspecified atom stereocenters. The largest absolute Gasteiger partial charge is 0.475 e. The molecule has 0 aliphatic heterocycles. The van der Waals surface area contributed by atoms with Gasteiger partial charge in [0.15, 0.2) is 0 Å². The summed E-state index contributed by atoms with van der Waals surface area (Å²) in [6, 6.07) is 7.73. The fourth-order valence-corrected chi connectivity index (χ4v) is 1.89. The van der Waals surface area contributed by atoms with Crippen LogP contribution in [0.4, 0.5) is 0 Å². The Kier molecular flexibility index (Phi) is 4.20. The van der Waals surface area contributed by atoms with Crippen LogP contribution in [0.2, 0.25) is 0 Å². The average molecular weight is 275 g/mol. The number of ether oxygens (including phenoxy) is 1. The number of aromatic nitrogens is 1. The highest BCUT2D eigenvalue weighted by Gasteiger charge is 2.20. The first-order valence-corrected chi connectivity index (χ1v) is 6.35. The summed E-state index contributed by atoms with van der Waals surface area (Å²) < 4.78 is 10.3. The Morgan fingerprint density at radius 2 is 2.00 bits per heavy atom. The van der Waals surface area contributed by atoms with Gasteiger partial charge in [0.05, 0.1) is 6.61 Å². The number of carbonyl (C=O) groups is 1. The van der Waals surface area contributed by atoms with Gasteiger partial charge in [-0.2, -0.15) is 0 Å². The van der Waals surface area contributed by atoms with Crippen LogP contribution in [-0.2, 0) is 11.3 Å². The maximum absolute atomic E-state index is 11.1. The molecular formula is C15H17NO4. The van der Waals surface area contributed by atoms with E-state index in [2.05, 4.69) is 18.8 Å². The van der Waals surface area contributed by atoms with Crippen molar-refractivity contribution >= 4 is 5.97 Å². The van der Waals surface area contributed by atoms with E-state index in [0.29, 0.717) is 17.5 Å². The molecule has 106 valence electrons. The van der Waals surface area contributed by atoms with Gasteiger partial charge < -0.3 is 14.3 Å². The number of carboxylic acids is 1. The molecule has 0 aliphatic rings. The van der Waals surface area contributed by atoms with E-state index in [0.717, 1.165) is 5.56 Å². The second-order valence-corrected chi connectivity index (χ2v) is 4.81. The van der Waals surface area contributed by atoms with E-state index in [4.69, 9.17) is 14.3 Å². The van der Waals surface area contributed by atoms with Crippen molar-refractivity contribution < 1.29 is 19.1 Å². The van der Waals surface area contributed by atoms with Crippen LogP contribution in [0.15, 0.2) is 28.7 Å². The molecule has 0 spiro atoms. The van der Waals surface area contributed by atoms with Crippen LogP contribution >= 0.6 is 0 Å². The highest BCUT2D eigenvalue weighted by molar-refractivity contribution is 5.86. The van der Waals surface area contributed by atoms with Crippen molar-refractivity contribution in [3.8, 4) is 11.5 Å². The molecule has 20 heavy (non-hydrogen) atoms. The van der Waals surface area contributed by atoms with Gasteiger partial charge >= 0.3 is 5.97 Å². The number of hydrogen-bond acceptors (Lipinski definition) is 4. The van der Waals surface area contributed by atoms with Gasteiger partial charge in [-0.25, -0.2) is 9.78 Å². The summed E-state index contributed by atoms with van der Waals surface area (Å²) >= 11 is 0. The lowest BCUT2D eigenvalue weighted by molar-refractivity contribution is 0.0656. The number of oxazole rings is 1. The van der Waals surface area contributed by atoms with Gasteiger partial charge in [0.25, 0.3) is 0 Å². The zero-order valence-electron chi connectivity index (χ0n) is 11.7. The fourth-order valence-electron chi connectivity index (χ4n) is 1.89. The summed E-state index contributed by atoms with van der Waals surface area (Å²) in [4.78, 5) is 15.3. The van der Waals surface area contributed by atoms with Crippen molar-refractivity contribution in [2.45, 2.75) is 26.4 Å². The zero-order valence-corrected chi connectivity index (χ0v) is 11.7. The molecule has 0 saturated carbocycles. The first-order chi connectivity index (χ1) is 9.52. The van der Waals surface area contributed by atoms with Gasteiger partial charge in [-0.1, -0.05) is 26.0 Å². The smallest absolute Gasteiger partial charge is 0.373 e. The van der Waals surface area contributed by atoms with Gasteiger partial charge in [-0.3, -0.25) is 0 Å². The Bertz CT molecular complexity index is 599. The monoisotopic (exact) mass is 275 g/mol. The van der Waals surface area contributed by atoms with Gasteiger partial charge in [0, 0.05) is 12.7 Å². The zero-order chi connectivity index (χ0) is 14.7. The summed E-state index contributed by atoms with van der Waals surface area (Å²) in [6.07, 6.45) is 0. The predicted octanol–water partition coefficient (Wildman–Crippen LogP) is 3.31. The van der Waals surface area contributed by atoms with Gasteiger partial charge in [-0.15, -0.1) is 0 Å². The van der Waals surface area contributed by atoms with Crippen LogP contribution in [0.3, 0.4) is 0 Å². The average Bonchev–Trinajstić information content (AvgIpc) is 2.83. The molecule has 5 nitrogen and oxygen atoms in total. The molecule has 1 heterocycles. The normalized spacial score (nSPS) is 11.0. The molecule has 0 saturated heterocycles. The van der Waals surface area contributed by atoms with E-state index in [1.54, 1.807) is 0 Å². The van der Waals surface area contributed by atoms with Crippen LogP contribution in [0, 0.1) is 0 Å². The van der Waals surface area contributed by atoms with Crippen LogP contribution in [0.5, 0.6) is 0 Å². The summed E-state index contributed by atoms with van der Waals surface area (Å²) in [5.41, 5.74) is 2.25. The predicted molar refractivity (Wildman–Crippen MR) is 73.7 cm³/mol. The van der Waals surface area contributed by atoms with Crippen LogP contribution in [0.25, 0.3) is 11.5 Å². The molecule has 0 atom stereocenters. The quantitative estimate of drug-likeness (QED) is 0.906. The summed E-state index contributed by atoms with van der Waals surface area (Å²) in [7, 11) is 1.48. The Labute approximate surface area is 117 Å². The molecule has 2 aromatic rings. The van der Waals surface area contributed by atoms with Crippen LogP contribution in [-0.4, -0.2) is 23.2 Å². The van der Waals surface area contributed by atoms with Crippen molar-refractivity contribution in [2.75, 3.05) is 7.11 Å². The highest BCUT2D eigenvalue weighted by Crippen LogP contribution is 2.24. The minimum absolute atomic E-state index is 0.106. The molecular weight excluding hydrogens is 258 g/mol. The van der Waals surface area contributed by atoms with Crippen molar-refractivity contribution in [3.63, 3.8) is 0 Å². The van der Waals surface area contributed by atoms with Crippen molar-refractivity contribution in [3.05, 3.63) is 41.3 Å². The fraction of sp³-hybridized carbons (Fsp3) is 0.333. The van der Waals surface area contributed by atoms with E-state index in [-0.39, 0.29) is 12.4 Å². The maximum Gasteiger partial charge on any atom is 0.373 e. The van der Waals surface area contributed by atoms with E-state index in [9.17, 15) is 4.79 Å². The van der Waals surface area contributed by atoms with Crippen molar-refractivity contribution in [1.82, 2.24) is 4.98 Å². The molecule has 0 amide bonds. The second-order valence-electron chi connectivity index (χ2n) is 4.81. The first kappa shape index (κ1) is 14.3. The molecule has 5 heteroatoms. The van der Waals surface area contributed by atoms with Crippen LogP contribution in [0.1, 0.15) is 41.6 Å². The van der Waals surface area contributed by atoms with E-state index in [1.807, 2.05) is 24.3 Å². The standard InChI is InChI=1S/C15H17NO4/c1-9(2)10-4-6-11(7-5-10)14-16-12(8-19-3)13(20-14)15(17)18/h4-7,9H,8H2,1-3H3,(H,17,18). The van der Waals surface area contributed by atoms with Crippen molar-refractivity contribution in [2.24, 2.45) is 0 Å². The van der Waals surface area contributed by atoms with E-state index < -0.39 is 5.97 Å². The number of hydrogen-bond donors (Lipinski definition) is 1. The maximum atomic E-state index is 11.1. The number of rotatable bonds is 5. The molecule has 2 rings (SSSR count). The minimum atomic E-state index is -1.14. The third kappa shape index (κ3) is 2.88. The first-order valence-electron chi connectivity index (χ1n) is 6.35. The van der Waals surface area contributed by atoms with E-state index in [1.165, 1.54) is 12.7 Å². The minimum Gasteiger partial charge on any atom is -0.475 e. The lowest BCUT2D eigenvalue weighted by Crippen LogP contribution is -2.00. The third-order valence-corrected chi connectivity index (χ3v) is 3.00. The van der Waals surface area contributed by atoms with E-state index >= 15 is 0 Å². The Morgan fingerprint density at radius 1 is 1.35 bits per heavy atom.